The van der Waals surface area contributed by atoms with Crippen LogP contribution < -0.4 is 16.2 Å². The molecule has 4 aromatic rings. The van der Waals surface area contributed by atoms with E-state index in [4.69, 9.17) is 11.6 Å². The van der Waals surface area contributed by atoms with Gasteiger partial charge in [0.05, 0.1) is 21.8 Å². The normalized spacial score (nSPS) is 14.8. The molecule has 2 aromatic heterocycles. The lowest BCUT2D eigenvalue weighted by Crippen LogP contribution is -2.38. The van der Waals surface area contributed by atoms with Gasteiger partial charge in [0.25, 0.3) is 5.56 Å². The van der Waals surface area contributed by atoms with Crippen molar-refractivity contribution in [3.63, 3.8) is 0 Å². The van der Waals surface area contributed by atoms with E-state index in [-0.39, 0.29) is 11.0 Å². The number of nitrogens with one attached hydrogen (secondary N) is 2. The molecule has 3 heterocycles. The van der Waals surface area contributed by atoms with E-state index in [1.165, 1.54) is 15.8 Å². The van der Waals surface area contributed by atoms with E-state index < -0.39 is 0 Å². The average Bonchev–Trinajstić information content (AvgIpc) is 2.76. The Morgan fingerprint density at radius 2 is 2.00 bits per heavy atom. The van der Waals surface area contributed by atoms with E-state index in [1.54, 1.807) is 12.3 Å². The Hall–Kier alpha value is -3.29. The number of fused-ring (bicyclic) bond motifs is 2. The largest absolute Gasteiger partial charge is 0.324 e. The Balaban J connectivity index is 1.54. The zero-order valence-corrected chi connectivity index (χ0v) is 19.8. The number of aryl methyl sites for hydroxylation is 2. The summed E-state index contributed by atoms with van der Waals surface area (Å²) in [6.07, 6.45) is 1.55. The van der Waals surface area contributed by atoms with Crippen LogP contribution >= 0.6 is 11.6 Å². The molecule has 0 spiro atoms. The first-order chi connectivity index (χ1) is 15.7. The van der Waals surface area contributed by atoms with E-state index >= 15 is 0 Å². The van der Waals surface area contributed by atoms with Crippen molar-refractivity contribution < 1.29 is 0 Å². The minimum absolute atomic E-state index is 0.0915. The second-order valence-corrected chi connectivity index (χ2v) is 9.56. The molecule has 0 bridgehead atoms. The number of rotatable bonds is 3. The molecule has 0 aliphatic carbocycles. The first kappa shape index (κ1) is 21.6. The van der Waals surface area contributed by atoms with Gasteiger partial charge in [0.1, 0.15) is 5.52 Å². The number of hydrogen-bond donors (Lipinski definition) is 2. The minimum atomic E-state index is -0.305. The van der Waals surface area contributed by atoms with Crippen molar-refractivity contribution in [3.8, 4) is 5.69 Å². The Labute approximate surface area is 196 Å². The number of para-hydroxylation sites is 1. The van der Waals surface area contributed by atoms with Gasteiger partial charge in [-0.2, -0.15) is 9.78 Å². The average molecular weight is 461 g/mol. The second-order valence-electron chi connectivity index (χ2n) is 9.15. The Morgan fingerprint density at radius 3 is 2.79 bits per heavy atom. The van der Waals surface area contributed by atoms with Crippen molar-refractivity contribution in [3.05, 3.63) is 80.4 Å². The topological polar surface area (TPSA) is 84.7 Å². The summed E-state index contributed by atoms with van der Waals surface area (Å²) in [5.74, 6) is 0.418. The molecule has 0 saturated carbocycles. The molecule has 33 heavy (non-hydrogen) atoms. The lowest BCUT2D eigenvalue weighted by atomic mass is 9.79. The number of benzene rings is 2. The summed E-state index contributed by atoms with van der Waals surface area (Å²) < 4.78 is 1.34. The molecule has 8 heteroatoms. The molecule has 0 atom stereocenters. The summed E-state index contributed by atoms with van der Waals surface area (Å²) >= 11 is 6.38. The van der Waals surface area contributed by atoms with E-state index in [9.17, 15) is 4.79 Å². The van der Waals surface area contributed by atoms with Crippen LogP contribution in [-0.4, -0.2) is 26.3 Å². The molecule has 0 saturated heterocycles. The van der Waals surface area contributed by atoms with Gasteiger partial charge in [0.2, 0.25) is 5.95 Å². The van der Waals surface area contributed by atoms with Crippen molar-refractivity contribution >= 4 is 34.1 Å². The third-order valence-electron chi connectivity index (χ3n) is 6.18. The molecule has 0 fully saturated rings. The summed E-state index contributed by atoms with van der Waals surface area (Å²) in [6.45, 7) is 9.99. The van der Waals surface area contributed by atoms with Gasteiger partial charge in [-0.1, -0.05) is 43.6 Å². The van der Waals surface area contributed by atoms with Crippen molar-refractivity contribution in [2.45, 2.75) is 39.7 Å². The molecular weight excluding hydrogens is 436 g/mol. The van der Waals surface area contributed by atoms with Gasteiger partial charge in [0, 0.05) is 30.4 Å². The maximum absolute atomic E-state index is 13.2. The molecule has 2 N–H and O–H groups in total. The SMILES string of the molecule is Cc1cccc(Cl)c1-n1nc(C)c2nc(Nc3ccc4c(c3)CNCC4(C)C)ncc2c1=O. The van der Waals surface area contributed by atoms with Crippen LogP contribution in [0.2, 0.25) is 5.02 Å². The number of anilines is 2. The van der Waals surface area contributed by atoms with Crippen LogP contribution in [0, 0.1) is 13.8 Å². The van der Waals surface area contributed by atoms with Crippen molar-refractivity contribution in [2.24, 2.45) is 0 Å². The standard InChI is InChI=1S/C25H25ClN6O/c1-14-6-5-7-20(26)22(14)32-23(33)18-12-28-24(30-21(18)15(2)31-32)29-17-8-9-19-16(10-17)11-27-13-25(19,3)4/h5-10,12,27H,11,13H2,1-4H3,(H,28,29,30). The zero-order chi connectivity index (χ0) is 23.3. The Bertz CT molecular complexity index is 1440. The van der Waals surface area contributed by atoms with Crippen molar-refractivity contribution in [1.82, 2.24) is 25.1 Å². The molecule has 0 radical (unpaired) electrons. The summed E-state index contributed by atoms with van der Waals surface area (Å²) in [7, 11) is 0. The summed E-state index contributed by atoms with van der Waals surface area (Å²) in [4.78, 5) is 22.2. The summed E-state index contributed by atoms with van der Waals surface area (Å²) in [5.41, 5.74) is 5.86. The fraction of sp³-hybridized carbons (Fsp3) is 0.280. The van der Waals surface area contributed by atoms with Gasteiger partial charge in [0.15, 0.2) is 0 Å². The second kappa shape index (κ2) is 7.93. The number of aromatic nitrogens is 4. The monoisotopic (exact) mass is 460 g/mol. The number of nitrogens with zero attached hydrogens (tertiary/aromatic N) is 4. The van der Waals surface area contributed by atoms with Gasteiger partial charge in [-0.3, -0.25) is 4.79 Å². The molecule has 0 amide bonds. The Morgan fingerprint density at radius 1 is 1.18 bits per heavy atom. The molecular formula is C25H25ClN6O. The quantitative estimate of drug-likeness (QED) is 0.466. The maximum atomic E-state index is 13.2. The maximum Gasteiger partial charge on any atom is 0.282 e. The molecule has 1 aliphatic rings. The van der Waals surface area contributed by atoms with Gasteiger partial charge < -0.3 is 10.6 Å². The van der Waals surface area contributed by atoms with E-state index in [0.29, 0.717) is 33.3 Å². The van der Waals surface area contributed by atoms with Crippen LogP contribution in [0.25, 0.3) is 16.6 Å². The van der Waals surface area contributed by atoms with Crippen LogP contribution in [0.15, 0.2) is 47.4 Å². The fourth-order valence-corrected chi connectivity index (χ4v) is 4.79. The number of hydrogen-bond acceptors (Lipinski definition) is 6. The van der Waals surface area contributed by atoms with Crippen molar-refractivity contribution in [2.75, 3.05) is 11.9 Å². The van der Waals surface area contributed by atoms with Crippen LogP contribution in [0.3, 0.4) is 0 Å². The third kappa shape index (κ3) is 3.77. The molecule has 168 valence electrons. The van der Waals surface area contributed by atoms with Gasteiger partial charge in [-0.15, -0.1) is 0 Å². The van der Waals surface area contributed by atoms with E-state index in [1.807, 2.05) is 32.0 Å². The van der Waals surface area contributed by atoms with E-state index in [0.717, 1.165) is 24.3 Å². The molecule has 2 aromatic carbocycles. The first-order valence-corrected chi connectivity index (χ1v) is 11.3. The fourth-order valence-electron chi connectivity index (χ4n) is 4.49. The number of halogens is 1. The highest BCUT2D eigenvalue weighted by molar-refractivity contribution is 6.32. The van der Waals surface area contributed by atoms with Gasteiger partial charge in [-0.05, 0) is 48.7 Å². The predicted molar refractivity (Wildman–Crippen MR) is 132 cm³/mol. The first-order valence-electron chi connectivity index (χ1n) is 10.9. The lowest BCUT2D eigenvalue weighted by Gasteiger charge is -2.33. The predicted octanol–water partition coefficient (Wildman–Crippen LogP) is 4.57. The minimum Gasteiger partial charge on any atom is -0.324 e. The highest BCUT2D eigenvalue weighted by Crippen LogP contribution is 2.32. The van der Waals surface area contributed by atoms with Gasteiger partial charge >= 0.3 is 0 Å². The van der Waals surface area contributed by atoms with Crippen LogP contribution in [0.1, 0.15) is 36.2 Å². The highest BCUT2D eigenvalue weighted by Gasteiger charge is 2.27. The molecule has 0 unspecified atom stereocenters. The highest BCUT2D eigenvalue weighted by atomic mass is 35.5. The molecule has 1 aliphatic heterocycles. The van der Waals surface area contributed by atoms with Crippen LogP contribution in [0.5, 0.6) is 0 Å². The van der Waals surface area contributed by atoms with Gasteiger partial charge in [-0.25, -0.2) is 9.97 Å². The molecule has 7 nitrogen and oxygen atoms in total. The smallest absolute Gasteiger partial charge is 0.282 e. The van der Waals surface area contributed by atoms with Crippen LogP contribution in [-0.2, 0) is 12.0 Å². The summed E-state index contributed by atoms with van der Waals surface area (Å²) in [5, 5.41) is 12.1. The third-order valence-corrected chi connectivity index (χ3v) is 6.48. The summed E-state index contributed by atoms with van der Waals surface area (Å²) in [6, 6.07) is 11.8. The Kier molecular flexibility index (Phi) is 5.18. The van der Waals surface area contributed by atoms with E-state index in [2.05, 4.69) is 51.7 Å². The van der Waals surface area contributed by atoms with Crippen molar-refractivity contribution in [1.29, 1.82) is 0 Å². The zero-order valence-electron chi connectivity index (χ0n) is 19.0. The van der Waals surface area contributed by atoms with Crippen LogP contribution in [0.4, 0.5) is 11.6 Å². The molecule has 5 rings (SSSR count). The lowest BCUT2D eigenvalue weighted by molar-refractivity contribution is 0.435.